The van der Waals surface area contributed by atoms with Gasteiger partial charge in [-0.2, -0.15) is 0 Å². The lowest BCUT2D eigenvalue weighted by Crippen LogP contribution is -2.10. The molecule has 13 heavy (non-hydrogen) atoms. The van der Waals surface area contributed by atoms with Crippen LogP contribution in [0.4, 0.5) is 0 Å². The normalized spacial score (nSPS) is 10.7. The Kier molecular flexibility index (Phi) is 3.99. The molecule has 0 radical (unpaired) electrons. The summed E-state index contributed by atoms with van der Waals surface area (Å²) in [5.41, 5.74) is 0.977. The van der Waals surface area contributed by atoms with E-state index >= 15 is 0 Å². The van der Waals surface area contributed by atoms with Crippen molar-refractivity contribution >= 4 is 29.5 Å². The molecule has 1 aromatic heterocycles. The zero-order valence-corrected chi connectivity index (χ0v) is 8.60. The van der Waals surface area contributed by atoms with E-state index in [4.69, 9.17) is 23.2 Å². The second-order valence-corrected chi connectivity index (χ2v) is 3.16. The van der Waals surface area contributed by atoms with Crippen LogP contribution in [0.3, 0.4) is 0 Å². The molecule has 1 rings (SSSR count). The second kappa shape index (κ2) is 5.04. The fourth-order valence-corrected chi connectivity index (χ4v) is 1.38. The van der Waals surface area contributed by atoms with Crippen LogP contribution in [0.2, 0.25) is 10.3 Å². The van der Waals surface area contributed by atoms with E-state index in [9.17, 15) is 0 Å². The van der Waals surface area contributed by atoms with Crippen molar-refractivity contribution in [2.75, 3.05) is 7.05 Å². The fraction of sp³-hybridized carbons (Fsp3) is 0.250. The monoisotopic (exact) mass is 217 g/mol. The fourth-order valence-electron chi connectivity index (χ4n) is 0.871. The second-order valence-electron chi connectivity index (χ2n) is 2.39. The minimum Gasteiger partial charge on any atom is -0.372 e. The number of nitrogens with zero attached hydrogens (tertiary/aromatic N) is 2. The van der Waals surface area contributed by atoms with Gasteiger partial charge in [-0.25, -0.2) is 4.98 Å². The van der Waals surface area contributed by atoms with Gasteiger partial charge in [0.2, 0.25) is 0 Å². The van der Waals surface area contributed by atoms with Gasteiger partial charge < -0.3 is 5.32 Å². The number of hydrogen-bond acceptors (Lipinski definition) is 2. The Hall–Kier alpha value is -0.800. The predicted octanol–water partition coefficient (Wildman–Crippen LogP) is 2.14. The molecule has 5 heteroatoms. The van der Waals surface area contributed by atoms with Crippen molar-refractivity contribution in [1.82, 2.24) is 10.3 Å². The summed E-state index contributed by atoms with van der Waals surface area (Å²) < 4.78 is 0. The molecule has 3 nitrogen and oxygen atoms in total. The van der Waals surface area contributed by atoms with Gasteiger partial charge in [-0.05, 0) is 17.7 Å². The number of rotatable bonds is 3. The van der Waals surface area contributed by atoms with Gasteiger partial charge >= 0.3 is 0 Å². The quantitative estimate of drug-likeness (QED) is 0.479. The van der Waals surface area contributed by atoms with Gasteiger partial charge in [0.25, 0.3) is 0 Å². The molecule has 0 aliphatic rings. The Balaban J connectivity index is 2.66. The number of nitrogens with one attached hydrogen (secondary N) is 1. The average Bonchev–Trinajstić information content (AvgIpc) is 2.03. The number of hydrogen-bond donors (Lipinski definition) is 1. The highest BCUT2D eigenvalue weighted by molar-refractivity contribution is 6.32. The summed E-state index contributed by atoms with van der Waals surface area (Å²) in [5, 5.41) is 3.77. The first-order valence-corrected chi connectivity index (χ1v) is 4.44. The highest BCUT2D eigenvalue weighted by Crippen LogP contribution is 2.14. The van der Waals surface area contributed by atoms with Crippen molar-refractivity contribution in [2.45, 2.75) is 6.54 Å². The molecule has 0 spiro atoms. The van der Waals surface area contributed by atoms with E-state index in [1.54, 1.807) is 25.5 Å². The topological polar surface area (TPSA) is 37.3 Å². The third-order valence-electron chi connectivity index (χ3n) is 1.35. The van der Waals surface area contributed by atoms with E-state index in [0.29, 0.717) is 16.9 Å². The van der Waals surface area contributed by atoms with Crippen LogP contribution in [-0.2, 0) is 6.54 Å². The Bertz CT molecular complexity index is 292. The third kappa shape index (κ3) is 3.61. The summed E-state index contributed by atoms with van der Waals surface area (Å²) >= 11 is 11.4. The lowest BCUT2D eigenvalue weighted by molar-refractivity contribution is 0.927. The molecule has 0 saturated carbocycles. The number of pyridine rings is 1. The Morgan fingerprint density at radius 3 is 2.62 bits per heavy atom. The Labute approximate surface area is 86.8 Å². The third-order valence-corrected chi connectivity index (χ3v) is 1.74. The first-order chi connectivity index (χ1) is 6.22. The summed E-state index contributed by atoms with van der Waals surface area (Å²) in [6.45, 7) is 0.638. The Morgan fingerprint density at radius 1 is 1.46 bits per heavy atom. The largest absolute Gasteiger partial charge is 0.372 e. The highest BCUT2D eigenvalue weighted by atomic mass is 35.5. The lowest BCUT2D eigenvalue weighted by atomic mass is 10.3. The minimum atomic E-state index is 0.401. The van der Waals surface area contributed by atoms with Crippen molar-refractivity contribution in [2.24, 2.45) is 4.99 Å². The molecule has 0 bridgehead atoms. The van der Waals surface area contributed by atoms with Crippen molar-refractivity contribution in [3.8, 4) is 0 Å². The molecule has 0 aliphatic carbocycles. The van der Waals surface area contributed by atoms with Gasteiger partial charge in [-0.1, -0.05) is 23.2 Å². The van der Waals surface area contributed by atoms with E-state index < -0.39 is 0 Å². The van der Waals surface area contributed by atoms with Gasteiger partial charge in [0.15, 0.2) is 0 Å². The summed E-state index contributed by atoms with van der Waals surface area (Å²) in [4.78, 5) is 7.61. The van der Waals surface area contributed by atoms with Crippen molar-refractivity contribution in [3.63, 3.8) is 0 Å². The summed E-state index contributed by atoms with van der Waals surface area (Å²) in [7, 11) is 1.69. The number of aliphatic imine (C=N–C) groups is 1. The van der Waals surface area contributed by atoms with Crippen molar-refractivity contribution < 1.29 is 0 Å². The first kappa shape index (κ1) is 10.3. The van der Waals surface area contributed by atoms with Crippen LogP contribution in [0.25, 0.3) is 0 Å². The van der Waals surface area contributed by atoms with Crippen LogP contribution in [0, 0.1) is 0 Å². The first-order valence-electron chi connectivity index (χ1n) is 3.68. The molecule has 1 heterocycles. The van der Waals surface area contributed by atoms with E-state index in [1.807, 2.05) is 0 Å². The maximum atomic E-state index is 5.71. The predicted molar refractivity (Wildman–Crippen MR) is 55.5 cm³/mol. The van der Waals surface area contributed by atoms with Crippen molar-refractivity contribution in [1.29, 1.82) is 0 Å². The van der Waals surface area contributed by atoms with E-state index in [2.05, 4.69) is 15.3 Å². The molecule has 0 unspecified atom stereocenters. The van der Waals surface area contributed by atoms with Crippen LogP contribution >= 0.6 is 23.2 Å². The lowest BCUT2D eigenvalue weighted by Gasteiger charge is -2.01. The molecule has 70 valence electrons. The summed E-state index contributed by atoms with van der Waals surface area (Å²) in [6.07, 6.45) is 1.61. The van der Waals surface area contributed by atoms with Gasteiger partial charge in [-0.3, -0.25) is 4.99 Å². The molecular formula is C8H9Cl2N3. The van der Waals surface area contributed by atoms with E-state index in [1.165, 1.54) is 0 Å². The number of aromatic nitrogens is 1. The van der Waals surface area contributed by atoms with Gasteiger partial charge in [0.1, 0.15) is 10.3 Å². The van der Waals surface area contributed by atoms with Crippen LogP contribution in [-0.4, -0.2) is 18.4 Å². The maximum absolute atomic E-state index is 5.71. The van der Waals surface area contributed by atoms with E-state index in [0.717, 1.165) is 5.56 Å². The molecule has 1 aromatic rings. The van der Waals surface area contributed by atoms with Crippen LogP contribution in [0.1, 0.15) is 5.56 Å². The van der Waals surface area contributed by atoms with Crippen LogP contribution in [0.15, 0.2) is 17.1 Å². The van der Waals surface area contributed by atoms with Gasteiger partial charge in [0, 0.05) is 13.6 Å². The van der Waals surface area contributed by atoms with Gasteiger partial charge in [0.05, 0.1) is 6.34 Å². The summed E-state index contributed by atoms with van der Waals surface area (Å²) in [6, 6.07) is 3.51. The molecule has 0 saturated heterocycles. The van der Waals surface area contributed by atoms with Crippen LogP contribution in [0.5, 0.6) is 0 Å². The molecular weight excluding hydrogens is 209 g/mol. The standard InChI is InChI=1S/C8H9Cl2N3/c1-11-5-12-4-6-2-7(9)13-8(10)3-6/h2-3,5H,4H2,1H3,(H,11,12). The molecule has 0 atom stereocenters. The smallest absolute Gasteiger partial charge is 0.131 e. The molecule has 0 aliphatic heterocycles. The SMILES string of the molecule is CN=CNCc1cc(Cl)nc(Cl)c1. The molecule has 1 N–H and O–H groups in total. The average molecular weight is 218 g/mol. The van der Waals surface area contributed by atoms with Crippen molar-refractivity contribution in [3.05, 3.63) is 28.0 Å². The minimum absolute atomic E-state index is 0.401. The van der Waals surface area contributed by atoms with E-state index in [-0.39, 0.29) is 0 Å². The molecule has 0 fully saturated rings. The molecule has 0 amide bonds. The number of halogens is 2. The van der Waals surface area contributed by atoms with Crippen LogP contribution < -0.4 is 5.32 Å². The maximum Gasteiger partial charge on any atom is 0.131 e. The molecule has 0 aromatic carbocycles. The summed E-state index contributed by atoms with van der Waals surface area (Å²) in [5.74, 6) is 0. The van der Waals surface area contributed by atoms with Gasteiger partial charge in [-0.15, -0.1) is 0 Å². The zero-order valence-electron chi connectivity index (χ0n) is 7.09. The Morgan fingerprint density at radius 2 is 2.08 bits per heavy atom. The zero-order chi connectivity index (χ0) is 9.68. The highest BCUT2D eigenvalue weighted by Gasteiger charge is 1.97.